The molecular formula is C16H15NO2. The summed E-state index contributed by atoms with van der Waals surface area (Å²) in [6, 6.07) is 19.5. The number of rotatable bonds is 4. The minimum absolute atomic E-state index is 0.00566. The number of amides is 1. The first kappa shape index (κ1) is 11.9. The van der Waals surface area contributed by atoms with E-state index in [0.29, 0.717) is 0 Å². The fourth-order valence-electron chi connectivity index (χ4n) is 2.11. The molecule has 0 aliphatic carbocycles. The van der Waals surface area contributed by atoms with Gasteiger partial charge in [-0.2, -0.15) is 0 Å². The zero-order chi connectivity index (χ0) is 13.1. The Morgan fingerprint density at radius 2 is 1.63 bits per heavy atom. The molecule has 0 spiro atoms. The van der Waals surface area contributed by atoms with E-state index in [0.717, 1.165) is 12.1 Å². The first-order chi connectivity index (χ1) is 9.33. The lowest BCUT2D eigenvalue weighted by molar-refractivity contribution is -0.117. The summed E-state index contributed by atoms with van der Waals surface area (Å²) in [5, 5.41) is 2.86. The standard InChI is InChI=1S/C16H15NO2/c18-16(17-13-9-5-2-6-10-13)15-14(19-15)11-12-7-3-1-4-8-12/h1-10,14-15H,11H2,(H,17,18)/t14-,15-/m0/s1. The van der Waals surface area contributed by atoms with Crippen LogP contribution in [0.15, 0.2) is 60.7 Å². The molecule has 19 heavy (non-hydrogen) atoms. The van der Waals surface area contributed by atoms with Crippen LogP contribution in [0.4, 0.5) is 5.69 Å². The number of hydrogen-bond donors (Lipinski definition) is 1. The number of ether oxygens (including phenoxy) is 1. The molecule has 0 radical (unpaired) electrons. The topological polar surface area (TPSA) is 41.6 Å². The zero-order valence-corrected chi connectivity index (χ0v) is 10.5. The molecule has 3 heteroatoms. The lowest BCUT2D eigenvalue weighted by Crippen LogP contribution is -2.20. The van der Waals surface area contributed by atoms with Gasteiger partial charge < -0.3 is 10.1 Å². The Kier molecular flexibility index (Phi) is 3.29. The number of epoxide rings is 1. The van der Waals surface area contributed by atoms with E-state index in [9.17, 15) is 4.79 Å². The SMILES string of the molecule is O=C(Nc1ccccc1)[C@H]1O[C@H]1Cc1ccccc1. The quantitative estimate of drug-likeness (QED) is 0.851. The first-order valence-electron chi connectivity index (χ1n) is 6.38. The molecule has 2 aromatic carbocycles. The highest BCUT2D eigenvalue weighted by molar-refractivity contribution is 5.96. The van der Waals surface area contributed by atoms with Crippen LogP contribution in [0.3, 0.4) is 0 Å². The van der Waals surface area contributed by atoms with Crippen molar-refractivity contribution in [2.24, 2.45) is 0 Å². The third-order valence-corrected chi connectivity index (χ3v) is 3.16. The number of anilines is 1. The maximum absolute atomic E-state index is 11.9. The average Bonchev–Trinajstić information content (AvgIpc) is 3.20. The van der Waals surface area contributed by atoms with Gasteiger partial charge in [0, 0.05) is 12.1 Å². The van der Waals surface area contributed by atoms with E-state index in [-0.39, 0.29) is 18.1 Å². The normalized spacial score (nSPS) is 20.8. The van der Waals surface area contributed by atoms with Crippen LogP contribution in [0.1, 0.15) is 5.56 Å². The van der Waals surface area contributed by atoms with Crippen molar-refractivity contribution in [3.05, 3.63) is 66.2 Å². The molecule has 1 amide bonds. The molecule has 0 unspecified atom stereocenters. The van der Waals surface area contributed by atoms with Gasteiger partial charge in [-0.15, -0.1) is 0 Å². The van der Waals surface area contributed by atoms with E-state index < -0.39 is 0 Å². The summed E-state index contributed by atoms with van der Waals surface area (Å²) in [7, 11) is 0. The van der Waals surface area contributed by atoms with Crippen LogP contribution in [0.2, 0.25) is 0 Å². The number of nitrogens with one attached hydrogen (secondary N) is 1. The second-order valence-corrected chi connectivity index (χ2v) is 4.64. The number of hydrogen-bond acceptors (Lipinski definition) is 2. The summed E-state index contributed by atoms with van der Waals surface area (Å²) in [5.74, 6) is -0.0628. The van der Waals surface area contributed by atoms with Crippen molar-refractivity contribution in [1.82, 2.24) is 0 Å². The molecule has 1 saturated heterocycles. The minimum atomic E-state index is -0.319. The fraction of sp³-hybridized carbons (Fsp3) is 0.188. The van der Waals surface area contributed by atoms with Crippen LogP contribution < -0.4 is 5.32 Å². The van der Waals surface area contributed by atoms with Gasteiger partial charge in [-0.3, -0.25) is 4.79 Å². The third kappa shape index (κ3) is 3.01. The molecule has 1 fully saturated rings. The van der Waals surface area contributed by atoms with Crippen molar-refractivity contribution >= 4 is 11.6 Å². The number of carbonyl (C=O) groups excluding carboxylic acids is 1. The number of carbonyl (C=O) groups is 1. The van der Waals surface area contributed by atoms with Gasteiger partial charge in [0.2, 0.25) is 0 Å². The summed E-state index contributed by atoms with van der Waals surface area (Å²) < 4.78 is 5.44. The first-order valence-corrected chi connectivity index (χ1v) is 6.38. The average molecular weight is 253 g/mol. The van der Waals surface area contributed by atoms with E-state index in [2.05, 4.69) is 5.32 Å². The highest BCUT2D eigenvalue weighted by atomic mass is 16.6. The molecule has 1 N–H and O–H groups in total. The monoisotopic (exact) mass is 253 g/mol. The van der Waals surface area contributed by atoms with Crippen LogP contribution in [0.25, 0.3) is 0 Å². The van der Waals surface area contributed by atoms with Gasteiger partial charge in [0.25, 0.3) is 5.91 Å². The smallest absolute Gasteiger partial charge is 0.256 e. The van der Waals surface area contributed by atoms with Crippen molar-refractivity contribution in [2.75, 3.05) is 5.32 Å². The predicted molar refractivity (Wildman–Crippen MR) is 73.9 cm³/mol. The molecule has 1 aliphatic heterocycles. The summed E-state index contributed by atoms with van der Waals surface area (Å²) in [6.45, 7) is 0. The van der Waals surface area contributed by atoms with Gasteiger partial charge in [0.05, 0.1) is 6.10 Å². The Morgan fingerprint density at radius 3 is 2.32 bits per heavy atom. The molecular weight excluding hydrogens is 238 g/mol. The molecule has 0 saturated carbocycles. The molecule has 1 heterocycles. The Morgan fingerprint density at radius 1 is 1.00 bits per heavy atom. The predicted octanol–water partition coefficient (Wildman–Crippen LogP) is 2.64. The van der Waals surface area contributed by atoms with Gasteiger partial charge in [-0.1, -0.05) is 48.5 Å². The molecule has 1 aliphatic rings. The van der Waals surface area contributed by atoms with Crippen molar-refractivity contribution in [1.29, 1.82) is 0 Å². The van der Waals surface area contributed by atoms with Crippen molar-refractivity contribution in [2.45, 2.75) is 18.6 Å². The van der Waals surface area contributed by atoms with E-state index in [1.165, 1.54) is 5.56 Å². The number of benzene rings is 2. The highest BCUT2D eigenvalue weighted by Gasteiger charge is 2.44. The van der Waals surface area contributed by atoms with E-state index in [1.807, 2.05) is 60.7 Å². The van der Waals surface area contributed by atoms with Crippen LogP contribution in [0.5, 0.6) is 0 Å². The van der Waals surface area contributed by atoms with Gasteiger partial charge in [0.1, 0.15) is 0 Å². The molecule has 0 bridgehead atoms. The Labute approximate surface area is 112 Å². The van der Waals surface area contributed by atoms with E-state index in [1.54, 1.807) is 0 Å². The molecule has 2 aromatic rings. The van der Waals surface area contributed by atoms with Crippen LogP contribution in [0, 0.1) is 0 Å². The lowest BCUT2D eigenvalue weighted by atomic mass is 10.1. The van der Waals surface area contributed by atoms with Crippen molar-refractivity contribution in [3.63, 3.8) is 0 Å². The molecule has 3 nitrogen and oxygen atoms in total. The highest BCUT2D eigenvalue weighted by Crippen LogP contribution is 2.27. The van der Waals surface area contributed by atoms with Crippen LogP contribution >= 0.6 is 0 Å². The Balaban J connectivity index is 1.54. The second kappa shape index (κ2) is 5.24. The minimum Gasteiger partial charge on any atom is -0.359 e. The largest absolute Gasteiger partial charge is 0.359 e. The summed E-state index contributed by atoms with van der Waals surface area (Å²) in [5.41, 5.74) is 2.00. The molecule has 0 aromatic heterocycles. The number of para-hydroxylation sites is 1. The molecule has 2 atom stereocenters. The zero-order valence-electron chi connectivity index (χ0n) is 10.5. The van der Waals surface area contributed by atoms with Crippen molar-refractivity contribution in [3.8, 4) is 0 Å². The summed E-state index contributed by atoms with van der Waals surface area (Å²) >= 11 is 0. The maximum atomic E-state index is 11.9. The molecule has 96 valence electrons. The van der Waals surface area contributed by atoms with Gasteiger partial charge in [0.15, 0.2) is 6.10 Å². The fourth-order valence-corrected chi connectivity index (χ4v) is 2.11. The summed E-state index contributed by atoms with van der Waals surface area (Å²) in [4.78, 5) is 11.9. The van der Waals surface area contributed by atoms with E-state index >= 15 is 0 Å². The van der Waals surface area contributed by atoms with Gasteiger partial charge in [-0.05, 0) is 17.7 Å². The third-order valence-electron chi connectivity index (χ3n) is 3.16. The van der Waals surface area contributed by atoms with Gasteiger partial charge in [-0.25, -0.2) is 0 Å². The summed E-state index contributed by atoms with van der Waals surface area (Å²) in [6.07, 6.45) is 0.472. The van der Waals surface area contributed by atoms with Crippen LogP contribution in [-0.2, 0) is 16.0 Å². The lowest BCUT2D eigenvalue weighted by Gasteiger charge is -2.02. The van der Waals surface area contributed by atoms with Crippen molar-refractivity contribution < 1.29 is 9.53 Å². The Bertz CT molecular complexity index is 553. The maximum Gasteiger partial charge on any atom is 0.256 e. The molecule has 3 rings (SSSR count). The second-order valence-electron chi connectivity index (χ2n) is 4.64. The van der Waals surface area contributed by atoms with Crippen LogP contribution in [-0.4, -0.2) is 18.1 Å². The van der Waals surface area contributed by atoms with Gasteiger partial charge >= 0.3 is 0 Å². The Hall–Kier alpha value is -2.13. The van der Waals surface area contributed by atoms with E-state index in [4.69, 9.17) is 4.74 Å².